The fraction of sp³-hybridized carbons (Fsp3) is 0.409. The van der Waals surface area contributed by atoms with Crippen LogP contribution in [0.15, 0.2) is 47.4 Å². The Balaban J connectivity index is 1.63. The van der Waals surface area contributed by atoms with Gasteiger partial charge in [-0.2, -0.15) is 4.31 Å². The molecule has 1 saturated heterocycles. The van der Waals surface area contributed by atoms with E-state index in [1.165, 1.54) is 23.5 Å². The molecule has 0 bridgehead atoms. The molecule has 8 nitrogen and oxygen atoms in total. The summed E-state index contributed by atoms with van der Waals surface area (Å²) in [5.41, 5.74) is 0.865. The van der Waals surface area contributed by atoms with E-state index in [2.05, 4.69) is 5.32 Å². The number of hydrogen-bond acceptors (Lipinski definition) is 6. The van der Waals surface area contributed by atoms with Crippen LogP contribution in [0.3, 0.4) is 0 Å². The van der Waals surface area contributed by atoms with Crippen molar-refractivity contribution in [1.29, 1.82) is 0 Å². The van der Waals surface area contributed by atoms with Crippen LogP contribution in [0.5, 0.6) is 17.2 Å². The number of ether oxygens (including phenoxy) is 3. The zero-order chi connectivity index (χ0) is 22.4. The van der Waals surface area contributed by atoms with E-state index in [0.717, 1.165) is 5.56 Å². The summed E-state index contributed by atoms with van der Waals surface area (Å²) in [6, 6.07) is 11.7. The molecule has 1 N–H and O–H groups in total. The lowest BCUT2D eigenvalue weighted by Crippen LogP contribution is -2.45. The fourth-order valence-corrected chi connectivity index (χ4v) is 5.12. The van der Waals surface area contributed by atoms with Gasteiger partial charge < -0.3 is 19.5 Å². The minimum absolute atomic E-state index is 0.159. The number of piperidine rings is 1. The zero-order valence-corrected chi connectivity index (χ0v) is 18.8. The normalized spacial score (nSPS) is 17.1. The molecule has 168 valence electrons. The largest absolute Gasteiger partial charge is 0.497 e. The number of rotatable bonds is 8. The van der Waals surface area contributed by atoms with Crippen molar-refractivity contribution < 1.29 is 27.4 Å². The monoisotopic (exact) mass is 448 g/mol. The molecule has 1 aliphatic rings. The molecule has 1 aliphatic heterocycles. The summed E-state index contributed by atoms with van der Waals surface area (Å²) in [7, 11) is 0.976. The fourth-order valence-electron chi connectivity index (χ4n) is 3.60. The van der Waals surface area contributed by atoms with Crippen LogP contribution in [-0.2, 0) is 21.4 Å². The van der Waals surface area contributed by atoms with Gasteiger partial charge in [0.25, 0.3) is 0 Å². The summed E-state index contributed by atoms with van der Waals surface area (Å²) < 4.78 is 43.0. The number of hydrogen-bond donors (Lipinski definition) is 1. The van der Waals surface area contributed by atoms with Gasteiger partial charge >= 0.3 is 0 Å². The molecule has 9 heteroatoms. The van der Waals surface area contributed by atoms with Crippen molar-refractivity contribution in [1.82, 2.24) is 9.62 Å². The van der Waals surface area contributed by atoms with E-state index >= 15 is 0 Å². The van der Waals surface area contributed by atoms with Crippen molar-refractivity contribution in [3.8, 4) is 17.2 Å². The average molecular weight is 449 g/mol. The summed E-state index contributed by atoms with van der Waals surface area (Å²) in [6.07, 6.45) is 1.27. The first kappa shape index (κ1) is 22.9. The molecule has 1 fully saturated rings. The van der Waals surface area contributed by atoms with E-state index in [1.807, 2.05) is 6.07 Å². The van der Waals surface area contributed by atoms with Crippen LogP contribution in [0.4, 0.5) is 0 Å². The topological polar surface area (TPSA) is 94.2 Å². The Morgan fingerprint density at radius 2 is 1.74 bits per heavy atom. The van der Waals surface area contributed by atoms with E-state index < -0.39 is 15.9 Å². The van der Waals surface area contributed by atoms with Crippen LogP contribution in [0.25, 0.3) is 0 Å². The molecule has 2 aromatic carbocycles. The molecule has 1 unspecified atom stereocenters. The van der Waals surface area contributed by atoms with Gasteiger partial charge in [0.1, 0.15) is 5.75 Å². The molecule has 31 heavy (non-hydrogen) atoms. The zero-order valence-electron chi connectivity index (χ0n) is 18.0. The first-order chi connectivity index (χ1) is 14.9. The third kappa shape index (κ3) is 5.29. The summed E-state index contributed by atoms with van der Waals surface area (Å²) in [5, 5.41) is 2.91. The van der Waals surface area contributed by atoms with E-state index in [0.29, 0.717) is 43.2 Å². The second-order valence-electron chi connectivity index (χ2n) is 7.28. The Hall–Kier alpha value is -2.78. The van der Waals surface area contributed by atoms with Gasteiger partial charge in [0.05, 0.1) is 32.1 Å². The van der Waals surface area contributed by atoms with Crippen LogP contribution in [0.2, 0.25) is 0 Å². The maximum absolute atomic E-state index is 13.0. The number of amides is 1. The van der Waals surface area contributed by atoms with Gasteiger partial charge in [-0.25, -0.2) is 8.42 Å². The molecule has 1 heterocycles. The van der Waals surface area contributed by atoms with Gasteiger partial charge in [-0.05, 0) is 54.8 Å². The molecule has 0 spiro atoms. The Kier molecular flexibility index (Phi) is 7.40. The molecule has 0 saturated carbocycles. The number of methoxy groups -OCH3 is 3. The maximum Gasteiger partial charge on any atom is 0.243 e. The van der Waals surface area contributed by atoms with E-state index in [1.54, 1.807) is 38.5 Å². The van der Waals surface area contributed by atoms with Gasteiger partial charge in [-0.1, -0.05) is 6.07 Å². The van der Waals surface area contributed by atoms with Crippen molar-refractivity contribution in [3.63, 3.8) is 0 Å². The number of sulfonamides is 1. The molecule has 1 amide bonds. The highest BCUT2D eigenvalue weighted by Gasteiger charge is 2.33. The summed E-state index contributed by atoms with van der Waals surface area (Å²) in [6.45, 7) is 0.876. The number of benzene rings is 2. The first-order valence-corrected chi connectivity index (χ1v) is 11.5. The van der Waals surface area contributed by atoms with Crippen LogP contribution >= 0.6 is 0 Å². The van der Waals surface area contributed by atoms with Crippen LogP contribution in [0, 0.1) is 5.92 Å². The van der Waals surface area contributed by atoms with Gasteiger partial charge in [0, 0.05) is 19.6 Å². The highest BCUT2D eigenvalue weighted by Crippen LogP contribution is 2.28. The van der Waals surface area contributed by atoms with Gasteiger partial charge in [-0.3, -0.25) is 4.79 Å². The molecular weight excluding hydrogens is 420 g/mol. The van der Waals surface area contributed by atoms with Crippen LogP contribution in [0.1, 0.15) is 18.4 Å². The Labute approximate surface area is 183 Å². The second kappa shape index (κ2) is 10.0. The molecular formula is C22H28N2O6S. The third-order valence-electron chi connectivity index (χ3n) is 5.37. The highest BCUT2D eigenvalue weighted by atomic mass is 32.2. The Morgan fingerprint density at radius 1 is 1.03 bits per heavy atom. The van der Waals surface area contributed by atoms with Crippen molar-refractivity contribution in [3.05, 3.63) is 48.0 Å². The molecule has 3 rings (SSSR count). The van der Waals surface area contributed by atoms with Gasteiger partial charge in [-0.15, -0.1) is 0 Å². The van der Waals surface area contributed by atoms with Crippen molar-refractivity contribution in [2.75, 3.05) is 34.4 Å². The average Bonchev–Trinajstić information content (AvgIpc) is 2.82. The number of carbonyl (C=O) groups excluding carboxylic acids is 1. The predicted molar refractivity (Wildman–Crippen MR) is 116 cm³/mol. The molecule has 0 radical (unpaired) electrons. The third-order valence-corrected chi connectivity index (χ3v) is 7.25. The van der Waals surface area contributed by atoms with Crippen LogP contribution in [-0.4, -0.2) is 53.0 Å². The smallest absolute Gasteiger partial charge is 0.243 e. The lowest BCUT2D eigenvalue weighted by molar-refractivity contribution is -0.126. The molecule has 0 aromatic heterocycles. The van der Waals surface area contributed by atoms with Crippen molar-refractivity contribution in [2.45, 2.75) is 24.3 Å². The number of nitrogens with one attached hydrogen (secondary N) is 1. The Morgan fingerprint density at radius 3 is 2.39 bits per heavy atom. The molecule has 0 aliphatic carbocycles. The minimum atomic E-state index is -3.67. The summed E-state index contributed by atoms with van der Waals surface area (Å²) >= 11 is 0. The Bertz CT molecular complexity index is 1010. The van der Waals surface area contributed by atoms with Gasteiger partial charge in [0.15, 0.2) is 11.5 Å². The molecule has 1 atom stereocenters. The lowest BCUT2D eigenvalue weighted by atomic mass is 9.98. The van der Waals surface area contributed by atoms with E-state index in [9.17, 15) is 13.2 Å². The first-order valence-electron chi connectivity index (χ1n) is 10.0. The van der Waals surface area contributed by atoms with Crippen molar-refractivity contribution in [2.24, 2.45) is 5.92 Å². The maximum atomic E-state index is 13.0. The minimum Gasteiger partial charge on any atom is -0.497 e. The summed E-state index contributed by atoms with van der Waals surface area (Å²) in [5.74, 6) is 1.23. The second-order valence-corrected chi connectivity index (χ2v) is 9.22. The summed E-state index contributed by atoms with van der Waals surface area (Å²) in [4.78, 5) is 12.9. The predicted octanol–water partition coefficient (Wildman–Crippen LogP) is 2.43. The number of nitrogens with zero attached hydrogens (tertiary/aromatic N) is 1. The SMILES string of the molecule is COc1ccc(S(=O)(=O)N2CCCC(C(=O)NCc3ccc(OC)c(OC)c3)C2)cc1. The van der Waals surface area contributed by atoms with Gasteiger partial charge in [0.2, 0.25) is 15.9 Å². The molecule has 2 aromatic rings. The van der Waals surface area contributed by atoms with E-state index in [4.69, 9.17) is 14.2 Å². The highest BCUT2D eigenvalue weighted by molar-refractivity contribution is 7.89. The quantitative estimate of drug-likeness (QED) is 0.667. The number of carbonyl (C=O) groups is 1. The van der Waals surface area contributed by atoms with Crippen molar-refractivity contribution >= 4 is 15.9 Å². The van der Waals surface area contributed by atoms with Crippen LogP contribution < -0.4 is 19.5 Å². The standard InChI is InChI=1S/C22H28N2O6S/c1-28-18-7-9-19(10-8-18)31(26,27)24-12-4-5-17(15-24)22(25)23-14-16-6-11-20(29-2)21(13-16)30-3/h6-11,13,17H,4-5,12,14-15H2,1-3H3,(H,23,25). The van der Waals surface area contributed by atoms with E-state index in [-0.39, 0.29) is 17.3 Å². The lowest BCUT2D eigenvalue weighted by Gasteiger charge is -2.31.